The molecule has 0 saturated carbocycles. The van der Waals surface area contributed by atoms with Crippen molar-refractivity contribution in [1.82, 2.24) is 4.98 Å². The average Bonchev–Trinajstić information content (AvgIpc) is 2.09. The Morgan fingerprint density at radius 3 is 3.08 bits per heavy atom. The zero-order valence-electron chi connectivity index (χ0n) is 6.76. The summed E-state index contributed by atoms with van der Waals surface area (Å²) in [6, 6.07) is 1.71. The number of aromatic nitrogens is 1. The van der Waals surface area contributed by atoms with Crippen molar-refractivity contribution in [1.29, 1.82) is 0 Å². The van der Waals surface area contributed by atoms with E-state index in [-0.39, 0.29) is 6.67 Å². The first kappa shape index (κ1) is 8.77. The second-order valence-electron chi connectivity index (χ2n) is 2.43. The van der Waals surface area contributed by atoms with E-state index >= 15 is 0 Å². The van der Waals surface area contributed by atoms with Gasteiger partial charge >= 0.3 is 0 Å². The SMILES string of the molecule is Nc1ccncc1NCCCF. The van der Waals surface area contributed by atoms with Crippen molar-refractivity contribution in [3.8, 4) is 0 Å². The van der Waals surface area contributed by atoms with E-state index in [1.54, 1.807) is 18.5 Å². The number of alkyl halides is 1. The first-order valence-electron chi connectivity index (χ1n) is 3.84. The minimum absolute atomic E-state index is 0.312. The number of hydrogen-bond donors (Lipinski definition) is 2. The highest BCUT2D eigenvalue weighted by atomic mass is 19.1. The Bertz CT molecular complexity index is 239. The van der Waals surface area contributed by atoms with Crippen LogP contribution >= 0.6 is 0 Å². The molecule has 4 heteroatoms. The normalized spacial score (nSPS) is 9.75. The van der Waals surface area contributed by atoms with Crippen LogP contribution in [-0.4, -0.2) is 18.2 Å². The van der Waals surface area contributed by atoms with E-state index in [0.29, 0.717) is 18.7 Å². The lowest BCUT2D eigenvalue weighted by molar-refractivity contribution is 0.481. The van der Waals surface area contributed by atoms with Gasteiger partial charge in [0.15, 0.2) is 0 Å². The van der Waals surface area contributed by atoms with E-state index in [4.69, 9.17) is 5.73 Å². The highest BCUT2D eigenvalue weighted by Crippen LogP contribution is 2.14. The maximum absolute atomic E-state index is 11.7. The zero-order chi connectivity index (χ0) is 8.81. The van der Waals surface area contributed by atoms with Crippen molar-refractivity contribution in [2.45, 2.75) is 6.42 Å². The van der Waals surface area contributed by atoms with Crippen LogP contribution in [0.1, 0.15) is 6.42 Å². The fourth-order valence-corrected chi connectivity index (χ4v) is 0.843. The molecule has 0 aliphatic rings. The molecule has 1 heterocycles. The van der Waals surface area contributed by atoms with E-state index < -0.39 is 0 Å². The molecule has 0 aliphatic heterocycles. The fourth-order valence-electron chi connectivity index (χ4n) is 0.843. The minimum atomic E-state index is -0.312. The number of nitrogens with one attached hydrogen (secondary N) is 1. The lowest BCUT2D eigenvalue weighted by Crippen LogP contribution is -2.04. The summed E-state index contributed by atoms with van der Waals surface area (Å²) in [5, 5.41) is 2.99. The summed E-state index contributed by atoms with van der Waals surface area (Å²) in [6.45, 7) is 0.277. The van der Waals surface area contributed by atoms with Gasteiger partial charge in [0, 0.05) is 12.7 Å². The Labute approximate surface area is 70.8 Å². The van der Waals surface area contributed by atoms with Gasteiger partial charge in [-0.15, -0.1) is 0 Å². The van der Waals surface area contributed by atoms with Crippen molar-refractivity contribution >= 4 is 11.4 Å². The van der Waals surface area contributed by atoms with E-state index in [0.717, 1.165) is 5.69 Å². The molecule has 0 atom stereocenters. The number of nitrogens with zero attached hydrogens (tertiary/aromatic N) is 1. The van der Waals surface area contributed by atoms with Crippen LogP contribution in [0, 0.1) is 0 Å². The molecule has 0 aromatic carbocycles. The van der Waals surface area contributed by atoms with Crippen molar-refractivity contribution in [2.24, 2.45) is 0 Å². The van der Waals surface area contributed by atoms with Crippen LogP contribution in [-0.2, 0) is 0 Å². The van der Waals surface area contributed by atoms with Crippen LogP contribution < -0.4 is 11.1 Å². The third kappa shape index (κ3) is 2.38. The van der Waals surface area contributed by atoms with Gasteiger partial charge in [-0.1, -0.05) is 0 Å². The molecule has 0 unspecified atom stereocenters. The van der Waals surface area contributed by atoms with Gasteiger partial charge in [0.25, 0.3) is 0 Å². The first-order valence-corrected chi connectivity index (χ1v) is 3.84. The van der Waals surface area contributed by atoms with Gasteiger partial charge in [-0.05, 0) is 12.5 Å². The number of hydrogen-bond acceptors (Lipinski definition) is 3. The second kappa shape index (κ2) is 4.54. The fraction of sp³-hybridized carbons (Fsp3) is 0.375. The van der Waals surface area contributed by atoms with Crippen molar-refractivity contribution < 1.29 is 4.39 Å². The number of halogens is 1. The third-order valence-electron chi connectivity index (χ3n) is 1.48. The van der Waals surface area contributed by atoms with Crippen LogP contribution in [0.25, 0.3) is 0 Å². The lowest BCUT2D eigenvalue weighted by Gasteiger charge is -2.06. The van der Waals surface area contributed by atoms with Crippen LogP contribution in [0.2, 0.25) is 0 Å². The van der Waals surface area contributed by atoms with E-state index in [1.165, 1.54) is 0 Å². The van der Waals surface area contributed by atoms with E-state index in [1.807, 2.05) is 0 Å². The average molecular weight is 169 g/mol. The van der Waals surface area contributed by atoms with Crippen molar-refractivity contribution in [3.63, 3.8) is 0 Å². The number of pyridine rings is 1. The maximum atomic E-state index is 11.7. The standard InChI is InChI=1S/C8H12FN3/c9-3-1-4-12-8-6-11-5-2-7(8)10/h2,5-6,12H,1,3-4H2,(H2,10,11). The van der Waals surface area contributed by atoms with Crippen LogP contribution in [0.15, 0.2) is 18.5 Å². The predicted octanol–water partition coefficient (Wildman–Crippen LogP) is 1.44. The summed E-state index contributed by atoms with van der Waals surface area (Å²) >= 11 is 0. The molecule has 0 spiro atoms. The quantitative estimate of drug-likeness (QED) is 0.670. The second-order valence-corrected chi connectivity index (χ2v) is 2.43. The van der Waals surface area contributed by atoms with Crippen molar-refractivity contribution in [2.75, 3.05) is 24.3 Å². The van der Waals surface area contributed by atoms with Gasteiger partial charge in [-0.25, -0.2) is 0 Å². The molecule has 0 aliphatic carbocycles. The van der Waals surface area contributed by atoms with Crippen LogP contribution in [0.3, 0.4) is 0 Å². The molecule has 0 saturated heterocycles. The Morgan fingerprint density at radius 2 is 2.42 bits per heavy atom. The van der Waals surface area contributed by atoms with E-state index in [9.17, 15) is 4.39 Å². The van der Waals surface area contributed by atoms with Gasteiger partial charge in [-0.3, -0.25) is 9.37 Å². The molecular formula is C8H12FN3. The number of nitrogens with two attached hydrogens (primary N) is 1. The summed E-state index contributed by atoms with van der Waals surface area (Å²) in [5.41, 5.74) is 7.02. The third-order valence-corrected chi connectivity index (χ3v) is 1.48. The molecule has 0 bridgehead atoms. The number of nitrogen functional groups attached to an aromatic ring is 1. The topological polar surface area (TPSA) is 50.9 Å². The molecule has 3 nitrogen and oxygen atoms in total. The largest absolute Gasteiger partial charge is 0.397 e. The van der Waals surface area contributed by atoms with Gasteiger partial charge in [0.2, 0.25) is 0 Å². The molecule has 0 amide bonds. The van der Waals surface area contributed by atoms with Crippen molar-refractivity contribution in [3.05, 3.63) is 18.5 Å². The molecular weight excluding hydrogens is 157 g/mol. The number of rotatable bonds is 4. The minimum Gasteiger partial charge on any atom is -0.397 e. The molecule has 0 fully saturated rings. The molecule has 1 aromatic heterocycles. The number of anilines is 2. The van der Waals surface area contributed by atoms with Gasteiger partial charge < -0.3 is 11.1 Å². The molecule has 3 N–H and O–H groups in total. The monoisotopic (exact) mass is 169 g/mol. The molecule has 12 heavy (non-hydrogen) atoms. The summed E-state index contributed by atoms with van der Waals surface area (Å²) in [6.07, 6.45) is 3.75. The summed E-state index contributed by atoms with van der Waals surface area (Å²) < 4.78 is 11.7. The smallest absolute Gasteiger partial charge is 0.0911 e. The predicted molar refractivity (Wildman–Crippen MR) is 47.7 cm³/mol. The summed E-state index contributed by atoms with van der Waals surface area (Å²) in [5.74, 6) is 0. The van der Waals surface area contributed by atoms with Crippen LogP contribution in [0.5, 0.6) is 0 Å². The molecule has 1 rings (SSSR count). The van der Waals surface area contributed by atoms with Gasteiger partial charge in [0.05, 0.1) is 24.2 Å². The lowest BCUT2D eigenvalue weighted by atomic mass is 10.3. The summed E-state index contributed by atoms with van der Waals surface area (Å²) in [4.78, 5) is 3.89. The highest BCUT2D eigenvalue weighted by Gasteiger charge is 1.95. The molecule has 66 valence electrons. The van der Waals surface area contributed by atoms with E-state index in [2.05, 4.69) is 10.3 Å². The Kier molecular flexibility index (Phi) is 3.32. The maximum Gasteiger partial charge on any atom is 0.0911 e. The summed E-state index contributed by atoms with van der Waals surface area (Å²) in [7, 11) is 0. The zero-order valence-corrected chi connectivity index (χ0v) is 6.76. The molecule has 0 radical (unpaired) electrons. The Balaban J connectivity index is 2.46. The Morgan fingerprint density at radius 1 is 1.58 bits per heavy atom. The van der Waals surface area contributed by atoms with Crippen LogP contribution in [0.4, 0.5) is 15.8 Å². The molecule has 1 aromatic rings. The highest BCUT2D eigenvalue weighted by molar-refractivity contribution is 5.63. The van der Waals surface area contributed by atoms with Gasteiger partial charge in [0.1, 0.15) is 0 Å². The first-order chi connectivity index (χ1) is 5.84. The Hall–Kier alpha value is -1.32. The van der Waals surface area contributed by atoms with Gasteiger partial charge in [-0.2, -0.15) is 0 Å².